The van der Waals surface area contributed by atoms with E-state index in [1.165, 1.54) is 5.56 Å². The Balaban J connectivity index is 2.80. The van der Waals surface area contributed by atoms with Gasteiger partial charge < -0.3 is 4.18 Å². The smallest absolute Gasteiger partial charge is 0.137 e. The van der Waals surface area contributed by atoms with Gasteiger partial charge in [0.05, 0.1) is 0 Å². The molecule has 1 aromatic rings. The van der Waals surface area contributed by atoms with Crippen molar-refractivity contribution in [3.05, 3.63) is 29.8 Å². The van der Waals surface area contributed by atoms with Crippen LogP contribution in [0.3, 0.4) is 0 Å². The predicted octanol–water partition coefficient (Wildman–Crippen LogP) is 2.47. The van der Waals surface area contributed by atoms with Crippen LogP contribution in [0.2, 0.25) is 0 Å². The van der Waals surface area contributed by atoms with Crippen LogP contribution in [0.15, 0.2) is 24.3 Å². The molecule has 1 nitrogen and oxygen atoms in total. The zero-order chi connectivity index (χ0) is 7.40. The van der Waals surface area contributed by atoms with Gasteiger partial charge in [0.25, 0.3) is 0 Å². The van der Waals surface area contributed by atoms with E-state index in [0.717, 1.165) is 12.2 Å². The summed E-state index contributed by atoms with van der Waals surface area (Å²) in [6.07, 6.45) is 1.06. The lowest BCUT2D eigenvalue weighted by molar-refractivity contribution is 0.658. The summed E-state index contributed by atoms with van der Waals surface area (Å²) < 4.78 is 4.71. The highest BCUT2D eigenvalue weighted by Gasteiger charge is 1.89. The molecule has 0 aromatic heterocycles. The summed E-state index contributed by atoms with van der Waals surface area (Å²) in [5, 5.41) is 0. The van der Waals surface area contributed by atoms with Gasteiger partial charge in [-0.1, -0.05) is 19.1 Å². The Kier molecular flexibility index (Phi) is 2.63. The Hall–Kier alpha value is -0.630. The van der Waals surface area contributed by atoms with Crippen molar-refractivity contribution >= 4 is 12.9 Å². The van der Waals surface area contributed by atoms with Gasteiger partial charge in [-0.25, -0.2) is 0 Å². The van der Waals surface area contributed by atoms with Gasteiger partial charge >= 0.3 is 0 Å². The van der Waals surface area contributed by atoms with Crippen molar-refractivity contribution in [1.29, 1.82) is 0 Å². The lowest BCUT2D eigenvalue weighted by Crippen LogP contribution is -1.79. The summed E-state index contributed by atoms with van der Waals surface area (Å²) in [6.45, 7) is 2.12. The molecular weight excluding hydrogens is 144 g/mol. The highest BCUT2D eigenvalue weighted by atomic mass is 32.1. The van der Waals surface area contributed by atoms with Crippen molar-refractivity contribution in [2.75, 3.05) is 0 Å². The second-order valence-corrected chi connectivity index (χ2v) is 2.27. The van der Waals surface area contributed by atoms with Gasteiger partial charge in [0.15, 0.2) is 0 Å². The summed E-state index contributed by atoms with van der Waals surface area (Å²) in [4.78, 5) is 0. The van der Waals surface area contributed by atoms with Crippen LogP contribution >= 0.6 is 12.9 Å². The second-order valence-electron chi connectivity index (χ2n) is 2.09. The Labute approximate surface area is 66.6 Å². The summed E-state index contributed by atoms with van der Waals surface area (Å²) in [5.74, 6) is 0.792. The number of hydrogen-bond acceptors (Lipinski definition) is 2. The van der Waals surface area contributed by atoms with Crippen LogP contribution in [0.1, 0.15) is 12.5 Å². The van der Waals surface area contributed by atoms with Crippen LogP contribution in [0, 0.1) is 0 Å². The number of hydrogen-bond donors (Lipinski definition) is 1. The maximum Gasteiger partial charge on any atom is 0.137 e. The first-order valence-corrected chi connectivity index (χ1v) is 3.63. The van der Waals surface area contributed by atoms with Crippen LogP contribution < -0.4 is 4.18 Å². The van der Waals surface area contributed by atoms with Gasteiger partial charge in [-0.3, -0.25) is 0 Å². The summed E-state index contributed by atoms with van der Waals surface area (Å²) in [7, 11) is 0. The van der Waals surface area contributed by atoms with E-state index in [-0.39, 0.29) is 0 Å². The largest absolute Gasteiger partial charge is 0.429 e. The molecule has 0 N–H and O–H groups in total. The summed E-state index contributed by atoms with van der Waals surface area (Å²) in [5.41, 5.74) is 1.31. The van der Waals surface area contributed by atoms with Crippen molar-refractivity contribution in [3.63, 3.8) is 0 Å². The minimum atomic E-state index is 0.792. The van der Waals surface area contributed by atoms with Gasteiger partial charge in [0.1, 0.15) is 5.75 Å². The number of thiol groups is 1. The molecule has 0 fully saturated rings. The molecule has 0 atom stereocenters. The highest BCUT2D eigenvalue weighted by Crippen LogP contribution is 2.12. The quantitative estimate of drug-likeness (QED) is 0.508. The van der Waals surface area contributed by atoms with Gasteiger partial charge in [0.2, 0.25) is 0 Å². The third-order valence-corrected chi connectivity index (χ3v) is 1.65. The van der Waals surface area contributed by atoms with E-state index in [1.54, 1.807) is 0 Å². The minimum Gasteiger partial charge on any atom is -0.429 e. The molecule has 0 saturated carbocycles. The van der Waals surface area contributed by atoms with Crippen molar-refractivity contribution < 1.29 is 4.18 Å². The SMILES string of the molecule is CCc1ccc(OS)cc1. The number of rotatable bonds is 2. The fraction of sp³-hybridized carbons (Fsp3) is 0.250. The van der Waals surface area contributed by atoms with Gasteiger partial charge in [-0.15, -0.1) is 0 Å². The van der Waals surface area contributed by atoms with Crippen molar-refractivity contribution in [2.24, 2.45) is 0 Å². The highest BCUT2D eigenvalue weighted by molar-refractivity contribution is 7.75. The van der Waals surface area contributed by atoms with Crippen LogP contribution in [0.5, 0.6) is 5.75 Å². The first-order valence-electron chi connectivity index (χ1n) is 3.27. The lowest BCUT2D eigenvalue weighted by atomic mass is 10.2. The average Bonchev–Trinajstić information content (AvgIpc) is 2.05. The molecule has 0 aliphatic heterocycles. The van der Waals surface area contributed by atoms with E-state index in [0.29, 0.717) is 0 Å². The molecule has 0 aliphatic carbocycles. The van der Waals surface area contributed by atoms with Crippen LogP contribution in [0.4, 0.5) is 0 Å². The van der Waals surface area contributed by atoms with Crippen LogP contribution in [0.25, 0.3) is 0 Å². The minimum absolute atomic E-state index is 0.792. The van der Waals surface area contributed by atoms with E-state index >= 15 is 0 Å². The third kappa shape index (κ3) is 1.67. The normalized spacial score (nSPS) is 9.40. The molecule has 1 aromatic carbocycles. The monoisotopic (exact) mass is 154 g/mol. The molecule has 1 rings (SSSR count). The van der Waals surface area contributed by atoms with Crippen LogP contribution in [-0.4, -0.2) is 0 Å². The predicted molar refractivity (Wildman–Crippen MR) is 45.4 cm³/mol. The maximum absolute atomic E-state index is 4.71. The molecule has 0 unspecified atom stereocenters. The summed E-state index contributed by atoms with van der Waals surface area (Å²) >= 11 is 3.67. The van der Waals surface area contributed by atoms with Crippen molar-refractivity contribution in [1.82, 2.24) is 0 Å². The fourth-order valence-electron chi connectivity index (χ4n) is 0.786. The van der Waals surface area contributed by atoms with E-state index < -0.39 is 0 Å². The fourth-order valence-corrected chi connectivity index (χ4v) is 0.908. The Morgan fingerprint density at radius 2 is 1.90 bits per heavy atom. The summed E-state index contributed by atoms with van der Waals surface area (Å²) in [6, 6.07) is 7.88. The third-order valence-electron chi connectivity index (χ3n) is 1.44. The van der Waals surface area contributed by atoms with Crippen molar-refractivity contribution in [3.8, 4) is 5.75 Å². The Bertz CT molecular complexity index is 170. The molecule has 0 spiro atoms. The molecule has 54 valence electrons. The number of benzene rings is 1. The zero-order valence-electron chi connectivity index (χ0n) is 5.87. The zero-order valence-corrected chi connectivity index (χ0v) is 6.77. The van der Waals surface area contributed by atoms with Gasteiger partial charge in [-0.2, -0.15) is 0 Å². The first kappa shape index (κ1) is 7.48. The lowest BCUT2D eigenvalue weighted by Gasteiger charge is -1.97. The molecule has 0 aliphatic rings. The standard InChI is InChI=1S/C8H10OS/c1-2-7-3-5-8(9-10)6-4-7/h3-6,10H,2H2,1H3. The second kappa shape index (κ2) is 3.52. The Morgan fingerprint density at radius 3 is 2.30 bits per heavy atom. The van der Waals surface area contributed by atoms with E-state index in [2.05, 4.69) is 19.8 Å². The Morgan fingerprint density at radius 1 is 1.30 bits per heavy atom. The molecule has 0 amide bonds. The molecule has 0 heterocycles. The maximum atomic E-state index is 4.71. The molecular formula is C8H10OS. The number of aryl methyl sites for hydroxylation is 1. The van der Waals surface area contributed by atoms with Gasteiger partial charge in [-0.05, 0) is 24.1 Å². The topological polar surface area (TPSA) is 9.23 Å². The van der Waals surface area contributed by atoms with Crippen LogP contribution in [-0.2, 0) is 6.42 Å². The average molecular weight is 154 g/mol. The van der Waals surface area contributed by atoms with E-state index in [9.17, 15) is 0 Å². The van der Waals surface area contributed by atoms with E-state index in [1.807, 2.05) is 24.3 Å². The van der Waals surface area contributed by atoms with Crippen molar-refractivity contribution in [2.45, 2.75) is 13.3 Å². The molecule has 0 radical (unpaired) electrons. The van der Waals surface area contributed by atoms with E-state index in [4.69, 9.17) is 4.18 Å². The first-order chi connectivity index (χ1) is 4.86. The van der Waals surface area contributed by atoms with Gasteiger partial charge in [0, 0.05) is 12.9 Å². The molecule has 2 heteroatoms. The molecule has 0 saturated heterocycles. The molecule has 0 bridgehead atoms. The molecule has 10 heavy (non-hydrogen) atoms.